The standard InChI is InChI=1S/C20H41N/c1-17-12-9-7-8-10-15-21(6)18(2)13-11-14-19(16-17)20(3,4)5/h17-19H,7-16H2,1-6H3. The number of hydrogen-bond acceptors (Lipinski definition) is 1. The predicted octanol–water partition coefficient (Wildman–Crippen LogP) is 6.13. The van der Waals surface area contributed by atoms with E-state index in [2.05, 4.69) is 46.6 Å². The van der Waals surface area contributed by atoms with E-state index in [4.69, 9.17) is 0 Å². The quantitative estimate of drug-likeness (QED) is 0.519. The first kappa shape index (κ1) is 19.0. The summed E-state index contributed by atoms with van der Waals surface area (Å²) in [5.74, 6) is 1.81. The summed E-state index contributed by atoms with van der Waals surface area (Å²) < 4.78 is 0. The Bertz CT molecular complexity index is 266. The molecule has 0 radical (unpaired) electrons. The van der Waals surface area contributed by atoms with Crippen molar-refractivity contribution in [3.05, 3.63) is 0 Å². The van der Waals surface area contributed by atoms with Crippen LogP contribution in [0.3, 0.4) is 0 Å². The molecule has 21 heavy (non-hydrogen) atoms. The van der Waals surface area contributed by atoms with Gasteiger partial charge in [-0.25, -0.2) is 0 Å². The van der Waals surface area contributed by atoms with E-state index in [1.54, 1.807) is 0 Å². The summed E-state index contributed by atoms with van der Waals surface area (Å²) in [6.07, 6.45) is 12.8. The lowest BCUT2D eigenvalue weighted by Crippen LogP contribution is -2.30. The zero-order chi connectivity index (χ0) is 15.9. The lowest BCUT2D eigenvalue weighted by atomic mass is 9.73. The molecule has 0 spiro atoms. The third-order valence-electron chi connectivity index (χ3n) is 5.80. The van der Waals surface area contributed by atoms with Crippen LogP contribution in [0.4, 0.5) is 0 Å². The highest BCUT2D eigenvalue weighted by atomic mass is 15.1. The molecule has 0 bridgehead atoms. The molecule has 1 heterocycles. The highest BCUT2D eigenvalue weighted by molar-refractivity contribution is 4.77. The van der Waals surface area contributed by atoms with Crippen LogP contribution in [0.2, 0.25) is 0 Å². The fraction of sp³-hybridized carbons (Fsp3) is 1.00. The Balaban J connectivity index is 2.60. The number of nitrogens with zero attached hydrogens (tertiary/aromatic N) is 1. The molecule has 0 aromatic rings. The van der Waals surface area contributed by atoms with E-state index in [1.807, 2.05) is 0 Å². The first-order valence-electron chi connectivity index (χ1n) is 9.51. The zero-order valence-corrected chi connectivity index (χ0v) is 15.8. The molecule has 1 aliphatic heterocycles. The molecule has 3 atom stereocenters. The lowest BCUT2D eigenvalue weighted by molar-refractivity contribution is 0.167. The highest BCUT2D eigenvalue weighted by Crippen LogP contribution is 2.36. The molecule has 0 saturated carbocycles. The van der Waals surface area contributed by atoms with Gasteiger partial charge in [0.2, 0.25) is 0 Å². The van der Waals surface area contributed by atoms with E-state index in [0.29, 0.717) is 5.41 Å². The van der Waals surface area contributed by atoms with E-state index in [9.17, 15) is 0 Å². The molecule has 0 amide bonds. The minimum atomic E-state index is 0.473. The average molecular weight is 296 g/mol. The van der Waals surface area contributed by atoms with Gasteiger partial charge in [0.25, 0.3) is 0 Å². The van der Waals surface area contributed by atoms with Gasteiger partial charge in [-0.05, 0) is 63.5 Å². The van der Waals surface area contributed by atoms with E-state index in [-0.39, 0.29) is 0 Å². The molecule has 3 unspecified atom stereocenters. The van der Waals surface area contributed by atoms with Crippen LogP contribution in [0, 0.1) is 17.3 Å². The first-order valence-corrected chi connectivity index (χ1v) is 9.51. The minimum Gasteiger partial charge on any atom is -0.304 e. The van der Waals surface area contributed by atoms with Crippen molar-refractivity contribution in [2.45, 2.75) is 98.4 Å². The Hall–Kier alpha value is -0.0400. The van der Waals surface area contributed by atoms with Crippen LogP contribution < -0.4 is 0 Å². The van der Waals surface area contributed by atoms with E-state index < -0.39 is 0 Å². The fourth-order valence-electron chi connectivity index (χ4n) is 3.82. The van der Waals surface area contributed by atoms with Gasteiger partial charge in [-0.3, -0.25) is 0 Å². The highest BCUT2D eigenvalue weighted by Gasteiger charge is 2.26. The lowest BCUT2D eigenvalue weighted by Gasteiger charge is -2.34. The molecule has 1 heteroatoms. The maximum absolute atomic E-state index is 2.58. The van der Waals surface area contributed by atoms with Crippen LogP contribution in [0.1, 0.15) is 92.4 Å². The molecule has 0 aromatic heterocycles. The van der Waals surface area contributed by atoms with Crippen LogP contribution in [0.25, 0.3) is 0 Å². The number of hydrogen-bond donors (Lipinski definition) is 0. The normalized spacial score (nSPS) is 32.6. The Morgan fingerprint density at radius 3 is 2.14 bits per heavy atom. The van der Waals surface area contributed by atoms with Crippen molar-refractivity contribution in [3.63, 3.8) is 0 Å². The second-order valence-electron chi connectivity index (χ2n) is 8.87. The summed E-state index contributed by atoms with van der Waals surface area (Å²) in [6.45, 7) is 13.5. The van der Waals surface area contributed by atoms with Crippen molar-refractivity contribution >= 4 is 0 Å². The average Bonchev–Trinajstić information content (AvgIpc) is 2.39. The van der Waals surface area contributed by atoms with Crippen molar-refractivity contribution in [3.8, 4) is 0 Å². The van der Waals surface area contributed by atoms with Gasteiger partial charge >= 0.3 is 0 Å². The molecule has 1 aliphatic rings. The summed E-state index contributed by atoms with van der Waals surface area (Å²) in [6, 6.07) is 0.756. The molecule has 1 saturated heterocycles. The van der Waals surface area contributed by atoms with Crippen molar-refractivity contribution in [2.24, 2.45) is 17.3 Å². The summed E-state index contributed by atoms with van der Waals surface area (Å²) in [5, 5.41) is 0. The second-order valence-corrected chi connectivity index (χ2v) is 8.87. The van der Waals surface area contributed by atoms with Gasteiger partial charge in [-0.2, -0.15) is 0 Å². The third kappa shape index (κ3) is 7.68. The summed E-state index contributed by atoms with van der Waals surface area (Å²) in [7, 11) is 2.32. The van der Waals surface area contributed by atoms with Crippen molar-refractivity contribution in [2.75, 3.05) is 13.6 Å². The molecule has 1 rings (SSSR count). The van der Waals surface area contributed by atoms with Gasteiger partial charge in [0.1, 0.15) is 0 Å². The predicted molar refractivity (Wildman–Crippen MR) is 95.8 cm³/mol. The minimum absolute atomic E-state index is 0.473. The van der Waals surface area contributed by atoms with Gasteiger partial charge in [0.05, 0.1) is 0 Å². The van der Waals surface area contributed by atoms with Gasteiger partial charge in [-0.1, -0.05) is 59.8 Å². The van der Waals surface area contributed by atoms with Crippen molar-refractivity contribution < 1.29 is 0 Å². The summed E-state index contributed by atoms with van der Waals surface area (Å²) in [4.78, 5) is 2.58. The van der Waals surface area contributed by atoms with E-state index in [0.717, 1.165) is 17.9 Å². The maximum Gasteiger partial charge on any atom is 0.00638 e. The van der Waals surface area contributed by atoms with Gasteiger partial charge in [0.15, 0.2) is 0 Å². The Morgan fingerprint density at radius 1 is 0.810 bits per heavy atom. The molecular formula is C20H41N. The maximum atomic E-state index is 2.58. The number of rotatable bonds is 0. The monoisotopic (exact) mass is 295 g/mol. The largest absolute Gasteiger partial charge is 0.304 e. The Labute approximate surface area is 134 Å². The second kappa shape index (κ2) is 9.18. The Morgan fingerprint density at radius 2 is 1.48 bits per heavy atom. The molecule has 0 aliphatic carbocycles. The van der Waals surface area contributed by atoms with E-state index >= 15 is 0 Å². The van der Waals surface area contributed by atoms with Crippen LogP contribution >= 0.6 is 0 Å². The van der Waals surface area contributed by atoms with Gasteiger partial charge in [0, 0.05) is 6.04 Å². The molecule has 1 fully saturated rings. The van der Waals surface area contributed by atoms with Crippen molar-refractivity contribution in [1.82, 2.24) is 4.90 Å². The zero-order valence-electron chi connectivity index (χ0n) is 15.8. The first-order chi connectivity index (χ1) is 9.80. The van der Waals surface area contributed by atoms with Gasteiger partial charge < -0.3 is 4.90 Å². The summed E-state index contributed by atoms with van der Waals surface area (Å²) in [5.41, 5.74) is 0.473. The smallest absolute Gasteiger partial charge is 0.00638 e. The van der Waals surface area contributed by atoms with Crippen LogP contribution in [-0.4, -0.2) is 24.5 Å². The fourth-order valence-corrected chi connectivity index (χ4v) is 3.82. The molecule has 1 nitrogen and oxygen atoms in total. The summed E-state index contributed by atoms with van der Waals surface area (Å²) >= 11 is 0. The van der Waals surface area contributed by atoms with Crippen molar-refractivity contribution in [1.29, 1.82) is 0 Å². The van der Waals surface area contributed by atoms with Crippen LogP contribution in [-0.2, 0) is 0 Å². The molecule has 126 valence electrons. The third-order valence-corrected chi connectivity index (χ3v) is 5.80. The Kier molecular flexibility index (Phi) is 8.31. The SMILES string of the molecule is CC1CCCCCCN(C)C(C)CCCC(C(C)(C)C)C1. The molecular weight excluding hydrogens is 254 g/mol. The van der Waals surface area contributed by atoms with Crippen LogP contribution in [0.15, 0.2) is 0 Å². The molecule has 0 N–H and O–H groups in total. The topological polar surface area (TPSA) is 3.24 Å². The molecule has 0 aromatic carbocycles. The van der Waals surface area contributed by atoms with Crippen LogP contribution in [0.5, 0.6) is 0 Å². The van der Waals surface area contributed by atoms with Gasteiger partial charge in [-0.15, -0.1) is 0 Å². The van der Waals surface area contributed by atoms with E-state index in [1.165, 1.54) is 64.3 Å².